The van der Waals surface area contributed by atoms with Crippen LogP contribution in [0.1, 0.15) is 26.6 Å². The van der Waals surface area contributed by atoms with Gasteiger partial charge in [0.2, 0.25) is 0 Å². The predicted octanol–water partition coefficient (Wildman–Crippen LogP) is 2.90. The molecule has 0 unspecified atom stereocenters. The van der Waals surface area contributed by atoms with E-state index in [4.69, 9.17) is 4.42 Å². The topological polar surface area (TPSA) is 105 Å². The quantitative estimate of drug-likeness (QED) is 0.331. The van der Waals surface area contributed by atoms with Crippen LogP contribution >= 0.6 is 11.8 Å². The number of para-hydroxylation sites is 1. The highest BCUT2D eigenvalue weighted by molar-refractivity contribution is 7.98. The number of benzene rings is 1. The van der Waals surface area contributed by atoms with Crippen molar-refractivity contribution in [1.82, 2.24) is 29.7 Å². The number of fused-ring (bicyclic) bond motifs is 1. The lowest BCUT2D eigenvalue weighted by Crippen LogP contribution is -2.50. The first-order valence-corrected chi connectivity index (χ1v) is 11.4. The van der Waals surface area contributed by atoms with Gasteiger partial charge in [0.05, 0.1) is 6.20 Å². The van der Waals surface area contributed by atoms with Crippen molar-refractivity contribution in [2.75, 3.05) is 26.2 Å². The van der Waals surface area contributed by atoms with E-state index in [1.54, 1.807) is 28.3 Å². The average Bonchev–Trinajstić information content (AvgIpc) is 3.26. The zero-order valence-electron chi connectivity index (χ0n) is 17.6. The third kappa shape index (κ3) is 4.42. The van der Waals surface area contributed by atoms with E-state index in [0.29, 0.717) is 54.1 Å². The summed E-state index contributed by atoms with van der Waals surface area (Å²) >= 11 is 1.45. The summed E-state index contributed by atoms with van der Waals surface area (Å²) in [5.74, 6) is 0.474. The number of piperazine rings is 1. The normalized spacial score (nSPS) is 13.9. The zero-order chi connectivity index (χ0) is 22.6. The third-order valence-electron chi connectivity index (χ3n) is 5.42. The van der Waals surface area contributed by atoms with E-state index < -0.39 is 0 Å². The number of carbonyl (C=O) groups excluding carboxylic acids is 2. The van der Waals surface area contributed by atoms with E-state index in [9.17, 15) is 9.59 Å². The molecular weight excluding hydrogens is 440 g/mol. The fourth-order valence-electron chi connectivity index (χ4n) is 3.74. The molecule has 0 spiro atoms. The molecule has 2 amide bonds. The largest absolute Gasteiger partial charge is 0.451 e. The number of aromatic nitrogens is 4. The molecule has 4 heterocycles. The fourth-order valence-corrected chi connectivity index (χ4v) is 4.57. The van der Waals surface area contributed by atoms with Crippen LogP contribution in [0.25, 0.3) is 11.0 Å². The van der Waals surface area contributed by atoms with Crippen molar-refractivity contribution < 1.29 is 14.0 Å². The van der Waals surface area contributed by atoms with Crippen LogP contribution < -0.4 is 0 Å². The molecule has 0 saturated carbocycles. The maximum atomic E-state index is 13.4. The zero-order valence-corrected chi connectivity index (χ0v) is 18.4. The Hall–Kier alpha value is -3.79. The lowest BCUT2D eigenvalue weighted by molar-refractivity contribution is 0.0515. The summed E-state index contributed by atoms with van der Waals surface area (Å²) < 4.78 is 6.00. The van der Waals surface area contributed by atoms with Gasteiger partial charge in [-0.2, -0.15) is 0 Å². The van der Waals surface area contributed by atoms with E-state index in [-0.39, 0.29) is 11.8 Å². The highest BCUT2D eigenvalue weighted by Gasteiger charge is 2.30. The molecule has 1 saturated heterocycles. The van der Waals surface area contributed by atoms with Crippen LogP contribution in [0.4, 0.5) is 0 Å². The second kappa shape index (κ2) is 9.37. The van der Waals surface area contributed by atoms with Crippen molar-refractivity contribution in [2.24, 2.45) is 0 Å². The van der Waals surface area contributed by atoms with Gasteiger partial charge in [0.15, 0.2) is 10.9 Å². The van der Waals surface area contributed by atoms with Gasteiger partial charge in [-0.1, -0.05) is 30.0 Å². The van der Waals surface area contributed by atoms with Crippen molar-refractivity contribution in [3.8, 4) is 0 Å². The summed E-state index contributed by atoms with van der Waals surface area (Å²) in [5, 5.41) is 1.54. The molecule has 0 N–H and O–H groups in total. The van der Waals surface area contributed by atoms with E-state index in [0.717, 1.165) is 10.9 Å². The van der Waals surface area contributed by atoms with Gasteiger partial charge >= 0.3 is 0 Å². The van der Waals surface area contributed by atoms with Crippen LogP contribution in [0.2, 0.25) is 0 Å². The first kappa shape index (κ1) is 21.1. The summed E-state index contributed by atoms with van der Waals surface area (Å²) in [4.78, 5) is 46.0. The van der Waals surface area contributed by atoms with E-state index in [1.807, 2.05) is 24.3 Å². The summed E-state index contributed by atoms with van der Waals surface area (Å²) in [6, 6.07) is 9.39. The molecule has 166 valence electrons. The lowest BCUT2D eigenvalue weighted by atomic mass is 10.1. The maximum Gasteiger partial charge on any atom is 0.290 e. The Morgan fingerprint density at radius 1 is 0.879 bits per heavy atom. The molecule has 4 aromatic rings. The number of amides is 2. The van der Waals surface area contributed by atoms with Crippen molar-refractivity contribution in [3.05, 3.63) is 78.3 Å². The highest BCUT2D eigenvalue weighted by Crippen LogP contribution is 2.32. The monoisotopic (exact) mass is 460 g/mol. The second-order valence-corrected chi connectivity index (χ2v) is 8.34. The smallest absolute Gasteiger partial charge is 0.290 e. The Morgan fingerprint density at radius 3 is 2.33 bits per heavy atom. The summed E-state index contributed by atoms with van der Waals surface area (Å²) in [7, 11) is 0. The molecule has 0 bridgehead atoms. The van der Waals surface area contributed by atoms with Crippen molar-refractivity contribution >= 4 is 34.5 Å². The Morgan fingerprint density at radius 2 is 1.61 bits per heavy atom. The van der Waals surface area contributed by atoms with Crippen LogP contribution in [-0.4, -0.2) is 67.7 Å². The fraction of sp³-hybridized carbons (Fsp3) is 0.217. The van der Waals surface area contributed by atoms with Gasteiger partial charge in [0.1, 0.15) is 11.3 Å². The van der Waals surface area contributed by atoms with Crippen LogP contribution in [-0.2, 0) is 5.75 Å². The SMILES string of the molecule is O=C(c1cnccn1)N1CCN(C(=O)c2oc3ccccc3c2CSc2ncccn2)CC1. The van der Waals surface area contributed by atoms with Crippen LogP contribution in [0.3, 0.4) is 0 Å². The lowest BCUT2D eigenvalue weighted by Gasteiger charge is -2.34. The molecule has 0 aliphatic carbocycles. The molecule has 9 nitrogen and oxygen atoms in total. The Kier molecular flexibility index (Phi) is 5.99. The van der Waals surface area contributed by atoms with Gasteiger partial charge in [0.25, 0.3) is 11.8 Å². The van der Waals surface area contributed by atoms with Crippen molar-refractivity contribution in [3.63, 3.8) is 0 Å². The molecule has 5 rings (SSSR count). The second-order valence-electron chi connectivity index (χ2n) is 7.40. The van der Waals surface area contributed by atoms with Crippen molar-refractivity contribution in [2.45, 2.75) is 10.9 Å². The Bertz CT molecular complexity index is 1270. The third-order valence-corrected chi connectivity index (χ3v) is 6.32. The van der Waals surface area contributed by atoms with Gasteiger partial charge in [-0.25, -0.2) is 15.0 Å². The molecule has 3 aromatic heterocycles. The van der Waals surface area contributed by atoms with Gasteiger partial charge < -0.3 is 14.2 Å². The summed E-state index contributed by atoms with van der Waals surface area (Å²) in [6.07, 6.45) is 7.86. The minimum atomic E-state index is -0.182. The molecular formula is C23H20N6O3S. The predicted molar refractivity (Wildman–Crippen MR) is 122 cm³/mol. The molecule has 33 heavy (non-hydrogen) atoms. The Labute approximate surface area is 193 Å². The van der Waals surface area contributed by atoms with Crippen LogP contribution in [0.15, 0.2) is 70.9 Å². The molecule has 10 heteroatoms. The maximum absolute atomic E-state index is 13.4. The van der Waals surface area contributed by atoms with E-state index >= 15 is 0 Å². The molecule has 1 aliphatic rings. The number of furan rings is 1. The van der Waals surface area contributed by atoms with E-state index in [1.165, 1.54) is 30.4 Å². The number of rotatable bonds is 5. The minimum Gasteiger partial charge on any atom is -0.451 e. The van der Waals surface area contributed by atoms with E-state index in [2.05, 4.69) is 19.9 Å². The van der Waals surface area contributed by atoms with Crippen LogP contribution in [0.5, 0.6) is 0 Å². The number of hydrogen-bond acceptors (Lipinski definition) is 8. The molecule has 1 aliphatic heterocycles. The number of thioether (sulfide) groups is 1. The summed E-state index contributed by atoms with van der Waals surface area (Å²) in [5.41, 5.74) is 1.80. The number of carbonyl (C=O) groups is 2. The molecule has 0 atom stereocenters. The number of hydrogen-bond donors (Lipinski definition) is 0. The number of nitrogens with zero attached hydrogens (tertiary/aromatic N) is 6. The minimum absolute atomic E-state index is 0.178. The first-order chi connectivity index (χ1) is 16.2. The Balaban J connectivity index is 1.33. The highest BCUT2D eigenvalue weighted by atomic mass is 32.2. The van der Waals surface area contributed by atoms with Gasteiger partial charge in [-0.3, -0.25) is 14.6 Å². The first-order valence-electron chi connectivity index (χ1n) is 10.5. The van der Waals surface area contributed by atoms with Gasteiger partial charge in [-0.05, 0) is 12.1 Å². The van der Waals surface area contributed by atoms with Crippen molar-refractivity contribution in [1.29, 1.82) is 0 Å². The summed E-state index contributed by atoms with van der Waals surface area (Å²) in [6.45, 7) is 1.67. The van der Waals surface area contributed by atoms with Gasteiger partial charge in [0, 0.05) is 67.7 Å². The molecule has 1 fully saturated rings. The molecule has 1 aromatic carbocycles. The van der Waals surface area contributed by atoms with Gasteiger partial charge in [-0.15, -0.1) is 0 Å². The average molecular weight is 461 g/mol. The molecule has 0 radical (unpaired) electrons. The standard InChI is InChI=1S/C23H20N6O3S/c30-21(18-14-24-8-9-25-18)28-10-12-29(13-11-28)22(31)20-17(15-33-23-26-6-3-7-27-23)16-4-1-2-5-19(16)32-20/h1-9,14H,10-13,15H2. The van der Waals surface area contributed by atoms with Crippen LogP contribution in [0, 0.1) is 0 Å².